The summed E-state index contributed by atoms with van der Waals surface area (Å²) in [7, 11) is -3.90. The van der Waals surface area contributed by atoms with Crippen LogP contribution in [0, 0.1) is 5.92 Å². The summed E-state index contributed by atoms with van der Waals surface area (Å²) in [6.07, 6.45) is 10.2. The van der Waals surface area contributed by atoms with E-state index in [0.29, 0.717) is 65.4 Å². The smallest absolute Gasteiger partial charge is 0.408 e. The number of rotatable bonds is 7. The molecule has 0 spiro atoms. The zero-order chi connectivity index (χ0) is 39.3. The van der Waals surface area contributed by atoms with Crippen LogP contribution in [0.3, 0.4) is 0 Å². The lowest BCUT2D eigenvalue weighted by atomic mass is 10.0. The molecule has 3 aliphatic carbocycles. The van der Waals surface area contributed by atoms with Gasteiger partial charge in [-0.25, -0.2) is 18.2 Å². The molecule has 3 N–H and O–H groups in total. The second-order valence-electron chi connectivity index (χ2n) is 16.2. The van der Waals surface area contributed by atoms with Crippen molar-refractivity contribution in [1.82, 2.24) is 25.2 Å². The molecular formula is C42H47N5O9S. The molecule has 9 rings (SSSR count). The van der Waals surface area contributed by atoms with Crippen LogP contribution in [0.15, 0.2) is 65.1 Å². The topological polar surface area (TPSA) is 186 Å². The van der Waals surface area contributed by atoms with E-state index in [1.54, 1.807) is 0 Å². The Labute approximate surface area is 330 Å². The third-order valence-electron chi connectivity index (χ3n) is 12.2. The quantitative estimate of drug-likeness (QED) is 0.201. The lowest BCUT2D eigenvalue weighted by Gasteiger charge is -2.30. The Bertz CT molecular complexity index is 2390. The maximum atomic E-state index is 14.7. The molecule has 14 nitrogen and oxygen atoms in total. The number of furan rings is 1. The van der Waals surface area contributed by atoms with Crippen LogP contribution in [-0.4, -0.2) is 83.7 Å². The number of benzene rings is 2. The minimum absolute atomic E-state index is 0.0102. The van der Waals surface area contributed by atoms with Crippen LogP contribution in [0.1, 0.15) is 83.5 Å². The molecule has 2 aromatic heterocycles. The average molecular weight is 798 g/mol. The van der Waals surface area contributed by atoms with Crippen LogP contribution < -0.4 is 20.1 Å². The Morgan fingerprint density at radius 1 is 0.912 bits per heavy atom. The van der Waals surface area contributed by atoms with Gasteiger partial charge in [0.05, 0.1) is 17.3 Å². The summed E-state index contributed by atoms with van der Waals surface area (Å²) >= 11 is 0. The average Bonchev–Trinajstić information content (AvgIpc) is 4.01. The van der Waals surface area contributed by atoms with Gasteiger partial charge in [-0.3, -0.25) is 19.1 Å². The second kappa shape index (κ2) is 15.0. The minimum atomic E-state index is -3.90. The highest BCUT2D eigenvalue weighted by molar-refractivity contribution is 7.91. The number of fused-ring (bicyclic) bond motifs is 6. The first-order valence-corrected chi connectivity index (χ1v) is 21.8. The fraction of sp³-hybridized carbons (Fsp3) is 0.500. The van der Waals surface area contributed by atoms with Crippen LogP contribution in [0.5, 0.6) is 5.75 Å². The Morgan fingerprint density at radius 3 is 2.47 bits per heavy atom. The molecule has 0 bridgehead atoms. The molecule has 5 aliphatic rings. The number of pyridine rings is 1. The van der Waals surface area contributed by atoms with Gasteiger partial charge in [-0.1, -0.05) is 49.3 Å². The largest absolute Gasteiger partial charge is 0.484 e. The maximum absolute atomic E-state index is 14.7. The van der Waals surface area contributed by atoms with Crippen molar-refractivity contribution in [2.75, 3.05) is 6.54 Å². The molecule has 1 saturated heterocycles. The number of carbonyl (C=O) groups is 4. The van der Waals surface area contributed by atoms with E-state index in [1.807, 2.05) is 60.7 Å². The normalized spacial score (nSPS) is 27.9. The Hall–Kier alpha value is -5.18. The van der Waals surface area contributed by atoms with Crippen molar-refractivity contribution in [2.24, 2.45) is 5.92 Å². The van der Waals surface area contributed by atoms with Gasteiger partial charge < -0.3 is 29.4 Å². The molecule has 57 heavy (non-hydrogen) atoms. The monoisotopic (exact) mass is 797 g/mol. The fourth-order valence-corrected chi connectivity index (χ4v) is 10.1. The number of alkyl carbamates (subject to hydrolysis) is 1. The summed E-state index contributed by atoms with van der Waals surface area (Å²) in [5.41, 5.74) is 0.860. The minimum Gasteiger partial charge on any atom is -0.484 e. The Kier molecular flexibility index (Phi) is 9.82. The van der Waals surface area contributed by atoms with E-state index in [9.17, 15) is 27.6 Å². The van der Waals surface area contributed by atoms with Crippen molar-refractivity contribution in [3.05, 3.63) is 60.7 Å². The van der Waals surface area contributed by atoms with Gasteiger partial charge >= 0.3 is 6.09 Å². The first kappa shape index (κ1) is 37.4. The predicted octanol–water partition coefficient (Wildman–Crippen LogP) is 5.52. The SMILES string of the molecule is O=C(N[C@H]1CCCCC/C=C\[C@H]2C[C@@]2(C(=O)NS(=O)(=O)C2CC2)NC(=O)[C@@H]2C[C@@H](Oc3c4ccccc4nc4c3oc3ccccc34)CN2C1=O)OC1CCCC1. The number of hydrogen-bond donors (Lipinski definition) is 3. The van der Waals surface area contributed by atoms with Gasteiger partial charge in [0.25, 0.3) is 5.91 Å². The number of nitrogens with one attached hydrogen (secondary N) is 3. The fourth-order valence-electron chi connectivity index (χ4n) is 8.77. The van der Waals surface area contributed by atoms with Gasteiger partial charge in [-0.05, 0) is 88.5 Å². The van der Waals surface area contributed by atoms with E-state index < -0.39 is 68.7 Å². The molecule has 0 radical (unpaired) electrons. The van der Waals surface area contributed by atoms with E-state index in [4.69, 9.17) is 18.9 Å². The highest BCUT2D eigenvalue weighted by atomic mass is 32.2. The van der Waals surface area contributed by atoms with Crippen molar-refractivity contribution >= 4 is 66.8 Å². The molecule has 15 heteroatoms. The van der Waals surface area contributed by atoms with Crippen molar-refractivity contribution in [2.45, 2.75) is 119 Å². The predicted molar refractivity (Wildman–Crippen MR) is 211 cm³/mol. The van der Waals surface area contributed by atoms with Gasteiger partial charge in [0.1, 0.15) is 40.9 Å². The summed E-state index contributed by atoms with van der Waals surface area (Å²) in [5, 5.41) is 6.63. The Balaban J connectivity index is 1.05. The van der Waals surface area contributed by atoms with Crippen LogP contribution in [-0.2, 0) is 29.1 Å². The molecule has 2 aliphatic heterocycles. The number of hydrogen-bond acceptors (Lipinski definition) is 10. The molecule has 4 amide bonds. The molecule has 2 aromatic carbocycles. The van der Waals surface area contributed by atoms with Gasteiger partial charge in [0.15, 0.2) is 11.3 Å². The summed E-state index contributed by atoms with van der Waals surface area (Å²) < 4.78 is 46.9. The van der Waals surface area contributed by atoms with E-state index >= 15 is 0 Å². The number of para-hydroxylation sites is 2. The van der Waals surface area contributed by atoms with Gasteiger partial charge in [0.2, 0.25) is 21.8 Å². The van der Waals surface area contributed by atoms with E-state index in [-0.39, 0.29) is 25.5 Å². The van der Waals surface area contributed by atoms with Crippen LogP contribution >= 0.6 is 0 Å². The number of allylic oxidation sites excluding steroid dienone is 1. The van der Waals surface area contributed by atoms with Crippen LogP contribution in [0.4, 0.5) is 4.79 Å². The lowest BCUT2D eigenvalue weighted by molar-refractivity contribution is -0.141. The molecule has 300 valence electrons. The molecule has 0 unspecified atom stereocenters. The third kappa shape index (κ3) is 7.41. The highest BCUT2D eigenvalue weighted by Gasteiger charge is 2.62. The number of nitrogens with zero attached hydrogens (tertiary/aromatic N) is 2. The number of ether oxygens (including phenoxy) is 2. The van der Waals surface area contributed by atoms with E-state index in [1.165, 1.54) is 4.90 Å². The van der Waals surface area contributed by atoms with Crippen LogP contribution in [0.25, 0.3) is 33.0 Å². The van der Waals surface area contributed by atoms with Crippen molar-refractivity contribution in [3.8, 4) is 5.75 Å². The standard InChI is InChI=1S/C42H47N5O9S/c48-38-33-22-27(54-36-29-15-8-10-17-31(29)43-35-30-16-9-11-19-34(30)56-37(35)36)24-47(33)39(49)32(44-41(51)55-26-13-6-7-14-26)18-5-3-1-2-4-12-25-23-42(25,45-38)40(50)46-57(52,53)28-20-21-28/h4,8-12,15-17,19,25-28,32-33H,1-3,5-7,13-14,18,20-24H2,(H,44,51)(H,45,48)(H,46,50)/b12-4-/t25-,27+,32-,33-,42+/m0/s1. The van der Waals surface area contributed by atoms with Crippen molar-refractivity contribution in [3.63, 3.8) is 0 Å². The number of aromatic nitrogens is 1. The zero-order valence-corrected chi connectivity index (χ0v) is 32.4. The molecule has 3 saturated carbocycles. The number of amides is 4. The van der Waals surface area contributed by atoms with E-state index in [0.717, 1.165) is 43.9 Å². The Morgan fingerprint density at radius 2 is 1.67 bits per heavy atom. The van der Waals surface area contributed by atoms with Gasteiger partial charge in [0, 0.05) is 23.1 Å². The maximum Gasteiger partial charge on any atom is 0.408 e. The number of carbonyl (C=O) groups excluding carboxylic acids is 4. The first-order chi connectivity index (χ1) is 27.6. The molecule has 4 aromatic rings. The summed E-state index contributed by atoms with van der Waals surface area (Å²) in [4.78, 5) is 62.7. The third-order valence-corrected chi connectivity index (χ3v) is 14.0. The summed E-state index contributed by atoms with van der Waals surface area (Å²) in [6, 6.07) is 13.0. The zero-order valence-electron chi connectivity index (χ0n) is 31.6. The van der Waals surface area contributed by atoms with Crippen molar-refractivity contribution < 1.29 is 41.5 Å². The number of sulfonamides is 1. The molecular weight excluding hydrogens is 751 g/mol. The molecule has 5 atom stereocenters. The van der Waals surface area contributed by atoms with Gasteiger partial charge in [-0.15, -0.1) is 0 Å². The first-order valence-electron chi connectivity index (χ1n) is 20.3. The van der Waals surface area contributed by atoms with Gasteiger partial charge in [-0.2, -0.15) is 0 Å². The highest BCUT2D eigenvalue weighted by Crippen LogP contribution is 2.46. The van der Waals surface area contributed by atoms with Crippen molar-refractivity contribution in [1.29, 1.82) is 0 Å². The van der Waals surface area contributed by atoms with Crippen LogP contribution in [0.2, 0.25) is 0 Å². The molecule has 4 heterocycles. The molecule has 4 fully saturated rings. The van der Waals surface area contributed by atoms with E-state index in [2.05, 4.69) is 15.4 Å². The lowest BCUT2D eigenvalue weighted by Crippen LogP contribution is -2.58. The summed E-state index contributed by atoms with van der Waals surface area (Å²) in [5.74, 6) is -1.86. The second-order valence-corrected chi connectivity index (χ2v) is 18.2. The summed E-state index contributed by atoms with van der Waals surface area (Å²) in [6.45, 7) is -0.0102.